The third-order valence-electron chi connectivity index (χ3n) is 5.92. The molecule has 0 fully saturated rings. The normalized spacial score (nSPS) is 14.9. The molecule has 7 nitrogen and oxygen atoms in total. The van der Waals surface area contributed by atoms with Gasteiger partial charge in [-0.15, -0.1) is 18.3 Å². The van der Waals surface area contributed by atoms with E-state index in [1.807, 2.05) is 18.2 Å². The molecule has 0 aliphatic carbocycles. The number of benzene rings is 3. The Balaban J connectivity index is 1.47. The maximum absolute atomic E-state index is 12.4. The van der Waals surface area contributed by atoms with Crippen LogP contribution in [0.15, 0.2) is 54.9 Å². The Kier molecular flexibility index (Phi) is 5.74. The van der Waals surface area contributed by atoms with E-state index < -0.39 is 6.36 Å². The van der Waals surface area contributed by atoms with Gasteiger partial charge < -0.3 is 14.2 Å². The standard InChI is InChI=1S/C25H23F3N4O3/c1-24(2)11-10-19-17(13-32-15-29-30-31-32)12-21-20(23(19)35-24)4-3-5-22(21)33-14-16-6-8-18(9-7-16)34-25(26,27)28/h3-9,12,15H,10-11,13-14H2,1-2H3. The van der Waals surface area contributed by atoms with Crippen molar-refractivity contribution in [3.8, 4) is 17.2 Å². The van der Waals surface area contributed by atoms with Crippen molar-refractivity contribution in [3.63, 3.8) is 0 Å². The van der Waals surface area contributed by atoms with E-state index in [0.29, 0.717) is 17.9 Å². The van der Waals surface area contributed by atoms with Gasteiger partial charge in [0.2, 0.25) is 0 Å². The number of hydrogen-bond acceptors (Lipinski definition) is 6. The van der Waals surface area contributed by atoms with E-state index in [1.54, 1.807) is 23.1 Å². The predicted molar refractivity (Wildman–Crippen MR) is 121 cm³/mol. The van der Waals surface area contributed by atoms with Gasteiger partial charge in [-0.2, -0.15) is 0 Å². The van der Waals surface area contributed by atoms with Gasteiger partial charge in [0, 0.05) is 16.3 Å². The predicted octanol–water partition coefficient (Wildman–Crippen LogP) is 5.46. The van der Waals surface area contributed by atoms with E-state index in [1.165, 1.54) is 12.1 Å². The highest BCUT2D eigenvalue weighted by Gasteiger charge is 2.31. The lowest BCUT2D eigenvalue weighted by molar-refractivity contribution is -0.274. The number of halogens is 3. The van der Waals surface area contributed by atoms with Gasteiger partial charge in [-0.05, 0) is 72.5 Å². The molecule has 0 radical (unpaired) electrons. The second kappa shape index (κ2) is 8.75. The Hall–Kier alpha value is -3.82. The van der Waals surface area contributed by atoms with Crippen LogP contribution in [0.4, 0.5) is 13.2 Å². The lowest BCUT2D eigenvalue weighted by atomic mass is 9.88. The first-order valence-electron chi connectivity index (χ1n) is 11.1. The first-order chi connectivity index (χ1) is 16.7. The first-order valence-corrected chi connectivity index (χ1v) is 11.1. The van der Waals surface area contributed by atoms with E-state index in [-0.39, 0.29) is 18.0 Å². The molecule has 35 heavy (non-hydrogen) atoms. The van der Waals surface area contributed by atoms with E-state index in [9.17, 15) is 13.2 Å². The van der Waals surface area contributed by atoms with E-state index in [4.69, 9.17) is 9.47 Å². The third-order valence-corrected chi connectivity index (χ3v) is 5.92. The minimum atomic E-state index is -4.73. The smallest absolute Gasteiger partial charge is 0.488 e. The zero-order chi connectivity index (χ0) is 24.6. The molecule has 10 heteroatoms. The Labute approximate surface area is 199 Å². The molecule has 1 aliphatic heterocycles. The summed E-state index contributed by atoms with van der Waals surface area (Å²) in [4.78, 5) is 0. The van der Waals surface area contributed by atoms with Gasteiger partial charge in [-0.1, -0.05) is 24.3 Å². The maximum atomic E-state index is 12.4. The zero-order valence-corrected chi connectivity index (χ0v) is 19.2. The highest BCUT2D eigenvalue weighted by Crippen LogP contribution is 2.43. The van der Waals surface area contributed by atoms with Gasteiger partial charge in [0.15, 0.2) is 0 Å². The van der Waals surface area contributed by atoms with E-state index in [2.05, 4.69) is 40.2 Å². The fraction of sp³-hybridized carbons (Fsp3) is 0.320. The number of tetrazole rings is 1. The second-order valence-corrected chi connectivity index (χ2v) is 9.04. The maximum Gasteiger partial charge on any atom is 0.573 e. The fourth-order valence-corrected chi connectivity index (χ4v) is 4.25. The topological polar surface area (TPSA) is 71.3 Å². The molecule has 5 rings (SSSR count). The minimum Gasteiger partial charge on any atom is -0.488 e. The van der Waals surface area contributed by atoms with Gasteiger partial charge in [0.05, 0.1) is 6.54 Å². The molecule has 0 amide bonds. The largest absolute Gasteiger partial charge is 0.573 e. The van der Waals surface area contributed by atoms with Crippen LogP contribution in [0.5, 0.6) is 17.2 Å². The van der Waals surface area contributed by atoms with Crippen LogP contribution < -0.4 is 14.2 Å². The summed E-state index contributed by atoms with van der Waals surface area (Å²) in [7, 11) is 0. The molecular formula is C25H23F3N4O3. The van der Waals surface area contributed by atoms with Crippen molar-refractivity contribution in [2.24, 2.45) is 0 Å². The van der Waals surface area contributed by atoms with Gasteiger partial charge in [-0.25, -0.2) is 4.68 Å². The van der Waals surface area contributed by atoms with Crippen LogP contribution in [-0.2, 0) is 19.6 Å². The number of fused-ring (bicyclic) bond motifs is 3. The Morgan fingerprint density at radius 2 is 1.89 bits per heavy atom. The van der Waals surface area contributed by atoms with Crippen LogP contribution in [0.1, 0.15) is 37.0 Å². The Morgan fingerprint density at radius 3 is 2.60 bits per heavy atom. The lowest BCUT2D eigenvalue weighted by Gasteiger charge is -2.34. The summed E-state index contributed by atoms with van der Waals surface area (Å²) in [6.07, 6.45) is -1.40. The molecule has 0 saturated heterocycles. The molecule has 1 aromatic heterocycles. The SMILES string of the molecule is CC1(C)CCc2c(Cn3cnnn3)cc3c(OCc4ccc(OC(F)(F)F)cc4)cccc3c2O1. The van der Waals surface area contributed by atoms with Crippen molar-refractivity contribution in [1.82, 2.24) is 20.2 Å². The number of rotatable bonds is 6. The molecular weight excluding hydrogens is 461 g/mol. The van der Waals surface area contributed by atoms with E-state index in [0.717, 1.165) is 40.5 Å². The van der Waals surface area contributed by atoms with Crippen molar-refractivity contribution in [2.45, 2.75) is 51.8 Å². The highest BCUT2D eigenvalue weighted by molar-refractivity contribution is 5.95. The molecule has 0 bridgehead atoms. The van der Waals surface area contributed by atoms with Crippen LogP contribution in [0.3, 0.4) is 0 Å². The Morgan fingerprint density at radius 1 is 1.09 bits per heavy atom. The summed E-state index contributed by atoms with van der Waals surface area (Å²) in [5.74, 6) is 1.21. The van der Waals surface area contributed by atoms with Crippen molar-refractivity contribution >= 4 is 10.8 Å². The summed E-state index contributed by atoms with van der Waals surface area (Å²) in [6.45, 7) is 4.81. The minimum absolute atomic E-state index is 0.178. The van der Waals surface area contributed by atoms with Gasteiger partial charge >= 0.3 is 6.36 Å². The van der Waals surface area contributed by atoms with Crippen LogP contribution >= 0.6 is 0 Å². The molecule has 0 saturated carbocycles. The van der Waals surface area contributed by atoms with Gasteiger partial charge in [0.25, 0.3) is 0 Å². The molecule has 1 aliphatic rings. The number of nitrogens with zero attached hydrogens (tertiary/aromatic N) is 4. The molecule has 0 spiro atoms. The Bertz CT molecular complexity index is 1340. The lowest BCUT2D eigenvalue weighted by Crippen LogP contribution is -2.33. The van der Waals surface area contributed by atoms with Crippen LogP contribution in [0.25, 0.3) is 10.8 Å². The number of aromatic nitrogens is 4. The summed E-state index contributed by atoms with van der Waals surface area (Å²) in [5.41, 5.74) is 2.58. The number of alkyl halides is 3. The first kappa shape index (κ1) is 22.9. The van der Waals surface area contributed by atoms with Crippen molar-refractivity contribution < 1.29 is 27.4 Å². The molecule has 0 unspecified atom stereocenters. The van der Waals surface area contributed by atoms with Crippen LogP contribution in [0.2, 0.25) is 0 Å². The highest BCUT2D eigenvalue weighted by atomic mass is 19.4. The zero-order valence-electron chi connectivity index (χ0n) is 19.2. The fourth-order valence-electron chi connectivity index (χ4n) is 4.25. The second-order valence-electron chi connectivity index (χ2n) is 9.04. The van der Waals surface area contributed by atoms with Gasteiger partial charge in [0.1, 0.15) is 35.8 Å². The van der Waals surface area contributed by atoms with Crippen molar-refractivity contribution in [2.75, 3.05) is 0 Å². The van der Waals surface area contributed by atoms with Crippen molar-refractivity contribution in [1.29, 1.82) is 0 Å². The molecule has 182 valence electrons. The molecule has 3 aromatic carbocycles. The summed E-state index contributed by atoms with van der Waals surface area (Å²) < 4.78 is 55.4. The molecule has 2 heterocycles. The summed E-state index contributed by atoms with van der Waals surface area (Å²) >= 11 is 0. The average molecular weight is 484 g/mol. The summed E-state index contributed by atoms with van der Waals surface area (Å²) in [6, 6.07) is 13.5. The van der Waals surface area contributed by atoms with Crippen molar-refractivity contribution in [3.05, 3.63) is 71.5 Å². The number of ether oxygens (including phenoxy) is 3. The van der Waals surface area contributed by atoms with E-state index >= 15 is 0 Å². The monoisotopic (exact) mass is 484 g/mol. The molecule has 0 N–H and O–H groups in total. The number of hydrogen-bond donors (Lipinski definition) is 0. The molecule has 0 atom stereocenters. The average Bonchev–Trinajstić information content (AvgIpc) is 3.30. The quantitative estimate of drug-likeness (QED) is 0.362. The van der Waals surface area contributed by atoms with Gasteiger partial charge in [-0.3, -0.25) is 0 Å². The summed E-state index contributed by atoms with van der Waals surface area (Å²) in [5, 5.41) is 13.3. The third kappa shape index (κ3) is 5.16. The van der Waals surface area contributed by atoms with Crippen LogP contribution in [-0.4, -0.2) is 32.2 Å². The van der Waals surface area contributed by atoms with Crippen LogP contribution in [0, 0.1) is 0 Å². The molecule has 4 aromatic rings.